The first-order valence-electron chi connectivity index (χ1n) is 9.60. The van der Waals surface area contributed by atoms with Gasteiger partial charge in [0.2, 0.25) is 0 Å². The Labute approximate surface area is 163 Å². The molecule has 1 aliphatic rings. The van der Waals surface area contributed by atoms with Gasteiger partial charge in [-0.25, -0.2) is 9.37 Å². The van der Waals surface area contributed by atoms with Crippen LogP contribution in [-0.4, -0.2) is 34.9 Å². The fourth-order valence-electron chi connectivity index (χ4n) is 3.57. The van der Waals surface area contributed by atoms with E-state index in [1.807, 2.05) is 30.4 Å². The van der Waals surface area contributed by atoms with Crippen molar-refractivity contribution in [2.45, 2.75) is 32.2 Å². The highest BCUT2D eigenvalue weighted by Crippen LogP contribution is 2.30. The lowest BCUT2D eigenvalue weighted by molar-refractivity contribution is 0.477. The molecule has 1 saturated heterocycles. The van der Waals surface area contributed by atoms with Gasteiger partial charge >= 0.3 is 0 Å². The van der Waals surface area contributed by atoms with Crippen molar-refractivity contribution in [2.24, 2.45) is 0 Å². The van der Waals surface area contributed by atoms with Crippen LogP contribution in [0.1, 0.15) is 26.2 Å². The smallest absolute Gasteiger partial charge is 0.128 e. The van der Waals surface area contributed by atoms with E-state index in [4.69, 9.17) is 4.98 Å². The summed E-state index contributed by atoms with van der Waals surface area (Å²) in [6.07, 6.45) is 7.34. The zero-order valence-electron chi connectivity index (χ0n) is 15.5. The number of H-pyrrole nitrogens is 1. The molecule has 3 heterocycles. The molecule has 27 heavy (non-hydrogen) atoms. The second-order valence-electron chi connectivity index (χ2n) is 7.02. The van der Waals surface area contributed by atoms with Crippen molar-refractivity contribution in [1.29, 1.82) is 0 Å². The lowest BCUT2D eigenvalue weighted by atomic mass is 10.1. The van der Waals surface area contributed by atoms with Crippen LogP contribution in [0.3, 0.4) is 0 Å². The van der Waals surface area contributed by atoms with Crippen LogP contribution in [0.5, 0.6) is 0 Å². The van der Waals surface area contributed by atoms with E-state index in [2.05, 4.69) is 33.7 Å². The number of benzene rings is 1. The summed E-state index contributed by atoms with van der Waals surface area (Å²) in [6, 6.07) is 9.64. The van der Waals surface area contributed by atoms with Crippen LogP contribution in [0.2, 0.25) is 0 Å². The van der Waals surface area contributed by atoms with Gasteiger partial charge in [0.15, 0.2) is 0 Å². The molecule has 2 N–H and O–H groups in total. The highest BCUT2D eigenvalue weighted by Gasteiger charge is 2.20. The third-order valence-corrected chi connectivity index (χ3v) is 6.19. The molecule has 0 radical (unpaired) electrons. The Balaban J connectivity index is 1.42. The Morgan fingerprint density at radius 1 is 1.26 bits per heavy atom. The topological polar surface area (TPSA) is 44.0 Å². The van der Waals surface area contributed by atoms with Crippen molar-refractivity contribution in [3.8, 4) is 11.1 Å². The highest BCUT2D eigenvalue weighted by atomic mass is 32.2. The van der Waals surface area contributed by atoms with Crippen LogP contribution in [0.4, 0.5) is 10.2 Å². The van der Waals surface area contributed by atoms with E-state index in [0.717, 1.165) is 53.8 Å². The average molecular weight is 385 g/mol. The second kappa shape index (κ2) is 8.31. The summed E-state index contributed by atoms with van der Waals surface area (Å²) in [6.45, 7) is 4.27. The maximum Gasteiger partial charge on any atom is 0.128 e. The minimum atomic E-state index is -0.227. The molecule has 1 aromatic carbocycles. The van der Waals surface area contributed by atoms with Gasteiger partial charge in [-0.2, -0.15) is 0 Å². The van der Waals surface area contributed by atoms with Crippen LogP contribution in [0, 0.1) is 5.82 Å². The van der Waals surface area contributed by atoms with E-state index < -0.39 is 0 Å². The molecule has 1 aliphatic heterocycles. The number of halogens is 1. The minimum Gasteiger partial charge on any atom is -0.360 e. The number of fused-ring (bicyclic) bond motifs is 1. The molecule has 4 nitrogen and oxygen atoms in total. The first-order valence-corrected chi connectivity index (χ1v) is 10.6. The number of nitrogens with one attached hydrogen (secondary N) is 2. The number of hydrogen-bond donors (Lipinski definition) is 2. The Morgan fingerprint density at radius 3 is 2.85 bits per heavy atom. The van der Waals surface area contributed by atoms with Gasteiger partial charge in [-0.15, -0.1) is 0 Å². The van der Waals surface area contributed by atoms with Gasteiger partial charge in [0.05, 0.1) is 0 Å². The Hall–Kier alpha value is -2.05. The summed E-state index contributed by atoms with van der Waals surface area (Å²) < 4.78 is 17.0. The molecule has 3 aromatic rings. The van der Waals surface area contributed by atoms with E-state index in [9.17, 15) is 4.39 Å². The van der Waals surface area contributed by atoms with Crippen LogP contribution in [0.15, 0.2) is 42.7 Å². The Kier molecular flexibility index (Phi) is 5.64. The van der Waals surface area contributed by atoms with Gasteiger partial charge in [0.25, 0.3) is 0 Å². The van der Waals surface area contributed by atoms with Gasteiger partial charge in [0.1, 0.15) is 11.6 Å². The number of rotatable bonds is 6. The number of aromatic nitrogens is 2. The molecule has 0 aliphatic carbocycles. The minimum absolute atomic E-state index is 0.227. The number of nitrogens with zero attached hydrogens (tertiary/aromatic N) is 2. The van der Waals surface area contributed by atoms with E-state index in [-0.39, 0.29) is 5.82 Å². The van der Waals surface area contributed by atoms with Crippen LogP contribution >= 0.6 is 11.9 Å². The number of aromatic amines is 1. The predicted molar refractivity (Wildman–Crippen MR) is 113 cm³/mol. The largest absolute Gasteiger partial charge is 0.360 e. The van der Waals surface area contributed by atoms with Crippen molar-refractivity contribution in [2.75, 3.05) is 23.7 Å². The monoisotopic (exact) mass is 384 g/mol. The molecular formula is C21H25FN4S. The van der Waals surface area contributed by atoms with Crippen molar-refractivity contribution in [3.05, 3.63) is 48.5 Å². The summed E-state index contributed by atoms with van der Waals surface area (Å²) in [5, 5.41) is 1.02. The van der Waals surface area contributed by atoms with Gasteiger partial charge in [-0.05, 0) is 49.6 Å². The van der Waals surface area contributed by atoms with Crippen LogP contribution < -0.4 is 9.62 Å². The first-order chi connectivity index (χ1) is 13.2. The average Bonchev–Trinajstić information content (AvgIpc) is 3.12. The Bertz CT molecular complexity index is 885. The van der Waals surface area contributed by atoms with Crippen molar-refractivity contribution >= 4 is 28.7 Å². The summed E-state index contributed by atoms with van der Waals surface area (Å²) in [5.41, 5.74) is 2.91. The number of piperidine rings is 1. The first kappa shape index (κ1) is 18.3. The number of anilines is 1. The van der Waals surface area contributed by atoms with E-state index in [1.54, 1.807) is 0 Å². The van der Waals surface area contributed by atoms with Crippen molar-refractivity contribution in [1.82, 2.24) is 14.7 Å². The van der Waals surface area contributed by atoms with Crippen LogP contribution in [-0.2, 0) is 0 Å². The molecule has 0 spiro atoms. The van der Waals surface area contributed by atoms with Crippen molar-refractivity contribution < 1.29 is 4.39 Å². The molecule has 4 rings (SSSR count). The van der Waals surface area contributed by atoms with Gasteiger partial charge in [-0.1, -0.05) is 18.9 Å². The lowest BCUT2D eigenvalue weighted by Gasteiger charge is -2.33. The third kappa shape index (κ3) is 4.12. The molecule has 1 fully saturated rings. The van der Waals surface area contributed by atoms with E-state index >= 15 is 0 Å². The summed E-state index contributed by atoms with van der Waals surface area (Å²) in [5.74, 6) is 1.98. The van der Waals surface area contributed by atoms with Gasteiger partial charge < -0.3 is 9.88 Å². The third-order valence-electron chi connectivity index (χ3n) is 5.08. The molecule has 0 bridgehead atoms. The number of pyridine rings is 1. The molecule has 2 aromatic heterocycles. The van der Waals surface area contributed by atoms with E-state index in [0.29, 0.717) is 6.04 Å². The standard InChI is InChI=1S/C21H25FN4S/c1-2-11-27-25-17-7-9-26(10-8-17)21-6-3-15(13-24-21)19-14-23-20-12-16(22)4-5-18(19)20/h3-6,12-14,17,23,25H,2,7-11H2,1H3. The summed E-state index contributed by atoms with van der Waals surface area (Å²) >= 11 is 1.85. The SMILES string of the molecule is CCCSNC1CCN(c2ccc(-c3c[nH]c4cc(F)ccc34)cn2)CC1. The normalized spacial score (nSPS) is 15.6. The second-order valence-corrected chi connectivity index (χ2v) is 7.96. The summed E-state index contributed by atoms with van der Waals surface area (Å²) in [4.78, 5) is 10.2. The maximum absolute atomic E-state index is 13.4. The molecule has 0 atom stereocenters. The van der Waals surface area contributed by atoms with Crippen LogP contribution in [0.25, 0.3) is 22.0 Å². The van der Waals surface area contributed by atoms with Gasteiger partial charge in [-0.3, -0.25) is 4.72 Å². The molecule has 0 unspecified atom stereocenters. The zero-order valence-corrected chi connectivity index (χ0v) is 16.4. The molecule has 0 saturated carbocycles. The van der Waals surface area contributed by atoms with Crippen molar-refractivity contribution in [3.63, 3.8) is 0 Å². The summed E-state index contributed by atoms with van der Waals surface area (Å²) in [7, 11) is 0. The highest BCUT2D eigenvalue weighted by molar-refractivity contribution is 7.97. The fourth-order valence-corrected chi connectivity index (χ4v) is 4.37. The van der Waals surface area contributed by atoms with E-state index in [1.165, 1.54) is 24.3 Å². The Morgan fingerprint density at radius 2 is 2.11 bits per heavy atom. The molecule has 6 heteroatoms. The number of hydrogen-bond acceptors (Lipinski definition) is 4. The maximum atomic E-state index is 13.4. The molecule has 0 amide bonds. The molecular weight excluding hydrogens is 359 g/mol. The predicted octanol–water partition coefficient (Wildman–Crippen LogP) is 4.99. The lowest BCUT2D eigenvalue weighted by Crippen LogP contribution is -2.40. The molecule has 142 valence electrons. The van der Waals surface area contributed by atoms with Gasteiger partial charge in [0, 0.05) is 59.3 Å². The quantitative estimate of drug-likeness (QED) is 0.464. The fraction of sp³-hybridized carbons (Fsp3) is 0.381. The zero-order chi connectivity index (χ0) is 18.6.